The van der Waals surface area contributed by atoms with E-state index in [4.69, 9.17) is 4.74 Å². The van der Waals surface area contributed by atoms with Gasteiger partial charge in [0.2, 0.25) is 0 Å². The number of ether oxygens (including phenoxy) is 1. The molecule has 0 fully saturated rings. The number of hydrogen-bond donors (Lipinski definition) is 0. The molecule has 2 aromatic carbocycles. The van der Waals surface area contributed by atoms with Crippen molar-refractivity contribution in [1.82, 2.24) is 9.97 Å². The van der Waals surface area contributed by atoms with E-state index in [9.17, 15) is 0 Å². The van der Waals surface area contributed by atoms with Gasteiger partial charge in [0.25, 0.3) is 0 Å². The summed E-state index contributed by atoms with van der Waals surface area (Å²) >= 11 is 0. The highest BCUT2D eigenvalue weighted by molar-refractivity contribution is 5.66. The molecule has 3 aromatic rings. The molecule has 0 bridgehead atoms. The van der Waals surface area contributed by atoms with Crippen LogP contribution >= 0.6 is 0 Å². The van der Waals surface area contributed by atoms with E-state index < -0.39 is 0 Å². The maximum Gasteiger partial charge on any atom is 0.136 e. The van der Waals surface area contributed by atoms with Crippen LogP contribution in [0.3, 0.4) is 0 Å². The molecular weight excluding hydrogens is 236 g/mol. The van der Waals surface area contributed by atoms with Gasteiger partial charge in [0.15, 0.2) is 0 Å². The second-order valence-electron chi connectivity index (χ2n) is 4.00. The number of para-hydroxylation sites is 2. The number of aromatic nitrogens is 2. The van der Waals surface area contributed by atoms with Crippen LogP contribution in [0.15, 0.2) is 73.2 Å². The van der Waals surface area contributed by atoms with Crippen molar-refractivity contribution in [2.45, 2.75) is 0 Å². The molecule has 0 amide bonds. The van der Waals surface area contributed by atoms with Crippen molar-refractivity contribution in [3.8, 4) is 22.8 Å². The normalized spacial score (nSPS) is 10.1. The topological polar surface area (TPSA) is 35.0 Å². The van der Waals surface area contributed by atoms with Gasteiger partial charge < -0.3 is 4.74 Å². The smallest absolute Gasteiger partial charge is 0.136 e. The fourth-order valence-electron chi connectivity index (χ4n) is 1.82. The molecule has 3 nitrogen and oxygen atoms in total. The van der Waals surface area contributed by atoms with Gasteiger partial charge in [-0.15, -0.1) is 0 Å². The van der Waals surface area contributed by atoms with E-state index in [1.807, 2.05) is 54.6 Å². The largest absolute Gasteiger partial charge is 0.457 e. The third-order valence-corrected chi connectivity index (χ3v) is 2.70. The van der Waals surface area contributed by atoms with Gasteiger partial charge in [0.1, 0.15) is 11.5 Å². The number of nitrogens with zero attached hydrogens (tertiary/aromatic N) is 2. The number of benzene rings is 2. The van der Waals surface area contributed by atoms with Crippen LogP contribution in [0.1, 0.15) is 0 Å². The van der Waals surface area contributed by atoms with Gasteiger partial charge in [0, 0.05) is 18.0 Å². The summed E-state index contributed by atoms with van der Waals surface area (Å²) in [4.78, 5) is 8.40. The Morgan fingerprint density at radius 3 is 2.37 bits per heavy atom. The second-order valence-corrected chi connectivity index (χ2v) is 4.00. The van der Waals surface area contributed by atoms with E-state index in [0.717, 1.165) is 22.8 Å². The fraction of sp³-hybridized carbons (Fsp3) is 0. The lowest BCUT2D eigenvalue weighted by Gasteiger charge is -2.10. The van der Waals surface area contributed by atoms with E-state index >= 15 is 0 Å². The quantitative estimate of drug-likeness (QED) is 0.704. The summed E-state index contributed by atoms with van der Waals surface area (Å²) in [5.74, 6) is 1.58. The molecule has 0 N–H and O–H groups in total. The van der Waals surface area contributed by atoms with Gasteiger partial charge in [-0.2, -0.15) is 0 Å². The van der Waals surface area contributed by atoms with E-state index in [1.165, 1.54) is 0 Å². The highest BCUT2D eigenvalue weighted by Gasteiger charge is 2.07. The van der Waals surface area contributed by atoms with Gasteiger partial charge in [-0.3, -0.25) is 9.97 Å². The predicted octanol–water partition coefficient (Wildman–Crippen LogP) is 3.94. The van der Waals surface area contributed by atoms with Crippen molar-refractivity contribution in [3.63, 3.8) is 0 Å². The minimum absolute atomic E-state index is 0.772. The van der Waals surface area contributed by atoms with Crippen LogP contribution in [-0.4, -0.2) is 9.97 Å². The van der Waals surface area contributed by atoms with Gasteiger partial charge >= 0.3 is 0 Å². The SMILES string of the molecule is c1ccc(Oc2ccccc2-c2cnccn2)cc1. The maximum atomic E-state index is 5.90. The van der Waals surface area contributed by atoms with Crippen molar-refractivity contribution in [1.29, 1.82) is 0 Å². The standard InChI is InChI=1S/C16H12N2O/c1-2-6-13(7-3-1)19-16-9-5-4-8-14(16)15-12-17-10-11-18-15/h1-12H. The Labute approximate surface area is 111 Å². The lowest BCUT2D eigenvalue weighted by molar-refractivity contribution is 0.484. The molecule has 3 rings (SSSR count). The number of hydrogen-bond acceptors (Lipinski definition) is 3. The zero-order valence-electron chi connectivity index (χ0n) is 10.2. The molecule has 0 aliphatic rings. The molecule has 0 aliphatic carbocycles. The molecule has 3 heteroatoms. The first-order chi connectivity index (χ1) is 9.43. The van der Waals surface area contributed by atoms with E-state index in [0.29, 0.717) is 0 Å². The Balaban J connectivity index is 1.99. The summed E-state index contributed by atoms with van der Waals surface area (Å²) in [5, 5.41) is 0. The van der Waals surface area contributed by atoms with Crippen molar-refractivity contribution in [3.05, 3.63) is 73.2 Å². The molecule has 0 unspecified atom stereocenters. The van der Waals surface area contributed by atoms with E-state index in [-0.39, 0.29) is 0 Å². The monoisotopic (exact) mass is 248 g/mol. The highest BCUT2D eigenvalue weighted by atomic mass is 16.5. The van der Waals surface area contributed by atoms with Gasteiger partial charge in [-0.1, -0.05) is 30.3 Å². The molecule has 19 heavy (non-hydrogen) atoms. The molecule has 92 valence electrons. The second kappa shape index (κ2) is 5.31. The van der Waals surface area contributed by atoms with Crippen molar-refractivity contribution >= 4 is 0 Å². The lowest BCUT2D eigenvalue weighted by atomic mass is 10.1. The molecule has 1 aromatic heterocycles. The Hall–Kier alpha value is -2.68. The number of rotatable bonds is 3. The van der Waals surface area contributed by atoms with Crippen molar-refractivity contribution in [2.24, 2.45) is 0 Å². The van der Waals surface area contributed by atoms with E-state index in [2.05, 4.69) is 9.97 Å². The first kappa shape index (κ1) is 11.4. The van der Waals surface area contributed by atoms with Crippen molar-refractivity contribution < 1.29 is 4.74 Å². The van der Waals surface area contributed by atoms with Crippen LogP contribution in [0.5, 0.6) is 11.5 Å². The average Bonchev–Trinajstić information content (AvgIpc) is 2.50. The minimum atomic E-state index is 0.772. The summed E-state index contributed by atoms with van der Waals surface area (Å²) in [7, 11) is 0. The molecule has 1 heterocycles. The summed E-state index contributed by atoms with van der Waals surface area (Å²) in [6, 6.07) is 17.5. The Bertz CT molecular complexity index is 654. The Kier molecular flexibility index (Phi) is 3.19. The molecule has 0 radical (unpaired) electrons. The highest BCUT2D eigenvalue weighted by Crippen LogP contribution is 2.31. The first-order valence-corrected chi connectivity index (χ1v) is 6.02. The third-order valence-electron chi connectivity index (χ3n) is 2.70. The lowest BCUT2D eigenvalue weighted by Crippen LogP contribution is -1.90. The van der Waals surface area contributed by atoms with E-state index in [1.54, 1.807) is 18.6 Å². The molecule has 0 saturated heterocycles. The molecular formula is C16H12N2O. The summed E-state index contributed by atoms with van der Waals surface area (Å²) < 4.78 is 5.90. The fourth-order valence-corrected chi connectivity index (χ4v) is 1.82. The van der Waals surface area contributed by atoms with Crippen LogP contribution in [0, 0.1) is 0 Å². The zero-order valence-corrected chi connectivity index (χ0v) is 10.2. The summed E-state index contributed by atoms with van der Waals surface area (Å²) in [6.07, 6.45) is 5.06. The van der Waals surface area contributed by atoms with Crippen LogP contribution in [0.25, 0.3) is 11.3 Å². The first-order valence-electron chi connectivity index (χ1n) is 6.02. The van der Waals surface area contributed by atoms with Crippen LogP contribution in [-0.2, 0) is 0 Å². The molecule has 0 aliphatic heterocycles. The summed E-state index contributed by atoms with van der Waals surface area (Å²) in [6.45, 7) is 0. The Morgan fingerprint density at radius 1 is 0.789 bits per heavy atom. The van der Waals surface area contributed by atoms with Crippen LogP contribution in [0.2, 0.25) is 0 Å². The third kappa shape index (κ3) is 2.60. The zero-order chi connectivity index (χ0) is 12.9. The van der Waals surface area contributed by atoms with Gasteiger partial charge in [-0.25, -0.2) is 0 Å². The van der Waals surface area contributed by atoms with Gasteiger partial charge in [-0.05, 0) is 24.3 Å². The summed E-state index contributed by atoms with van der Waals surface area (Å²) in [5.41, 5.74) is 1.73. The molecule has 0 atom stereocenters. The van der Waals surface area contributed by atoms with Crippen LogP contribution < -0.4 is 4.74 Å². The van der Waals surface area contributed by atoms with Gasteiger partial charge in [0.05, 0.1) is 11.9 Å². The van der Waals surface area contributed by atoms with Crippen LogP contribution in [0.4, 0.5) is 0 Å². The maximum absolute atomic E-state index is 5.90. The minimum Gasteiger partial charge on any atom is -0.457 e. The predicted molar refractivity (Wildman–Crippen MR) is 74.0 cm³/mol. The average molecular weight is 248 g/mol. The molecule has 0 spiro atoms. The molecule has 0 saturated carbocycles. The van der Waals surface area contributed by atoms with Crippen molar-refractivity contribution in [2.75, 3.05) is 0 Å². The Morgan fingerprint density at radius 2 is 1.58 bits per heavy atom.